The summed E-state index contributed by atoms with van der Waals surface area (Å²) < 4.78 is 2.18. The molecule has 4 heteroatoms. The van der Waals surface area contributed by atoms with Gasteiger partial charge in [-0.1, -0.05) is 23.8 Å². The highest BCUT2D eigenvalue weighted by Crippen LogP contribution is 2.39. The lowest BCUT2D eigenvalue weighted by atomic mass is 10.0. The fourth-order valence-electron chi connectivity index (χ4n) is 1.83. The van der Waals surface area contributed by atoms with Crippen LogP contribution in [0.1, 0.15) is 26.9 Å². The van der Waals surface area contributed by atoms with Gasteiger partial charge in [0.2, 0.25) is 0 Å². The third kappa shape index (κ3) is 3.38. The van der Waals surface area contributed by atoms with Crippen LogP contribution in [0.2, 0.25) is 0 Å². The summed E-state index contributed by atoms with van der Waals surface area (Å²) in [7, 11) is 0. The monoisotopic (exact) mass is 406 g/mol. The van der Waals surface area contributed by atoms with E-state index in [0.717, 1.165) is 14.7 Å². The molecule has 1 atom stereocenters. The lowest BCUT2D eigenvalue weighted by molar-refractivity contribution is 0.927. The van der Waals surface area contributed by atoms with E-state index in [1.807, 2.05) is 0 Å². The first-order chi connectivity index (χ1) is 8.47. The third-order valence-electron chi connectivity index (χ3n) is 2.88. The smallest absolute Gasteiger partial charge is 0.0843 e. The molecule has 1 aromatic carbocycles. The molecular formula is C14H13Br2ClS. The highest BCUT2D eigenvalue weighted by atomic mass is 79.9. The zero-order chi connectivity index (χ0) is 13.3. The zero-order valence-corrected chi connectivity index (χ0v) is 14.9. The predicted molar refractivity (Wildman–Crippen MR) is 87.9 cm³/mol. The highest BCUT2D eigenvalue weighted by Gasteiger charge is 2.15. The lowest BCUT2D eigenvalue weighted by Crippen LogP contribution is -1.96. The Morgan fingerprint density at radius 2 is 1.94 bits per heavy atom. The number of thiophene rings is 1. The molecule has 0 saturated heterocycles. The van der Waals surface area contributed by atoms with Gasteiger partial charge in [-0.3, -0.25) is 0 Å². The number of halogens is 3. The SMILES string of the molecule is Cc1ccc(C)c(CC(Cl)c2cc(Br)c(Br)s2)c1. The third-order valence-corrected chi connectivity index (χ3v) is 6.77. The molecule has 2 aromatic rings. The Morgan fingerprint density at radius 3 is 2.56 bits per heavy atom. The van der Waals surface area contributed by atoms with Gasteiger partial charge in [-0.2, -0.15) is 0 Å². The minimum atomic E-state index is 0.0260. The van der Waals surface area contributed by atoms with Gasteiger partial charge < -0.3 is 0 Å². The number of benzene rings is 1. The molecule has 0 N–H and O–H groups in total. The van der Waals surface area contributed by atoms with Crippen molar-refractivity contribution >= 4 is 54.8 Å². The number of rotatable bonds is 3. The number of hydrogen-bond acceptors (Lipinski definition) is 1. The van der Waals surface area contributed by atoms with Crippen LogP contribution in [0.15, 0.2) is 32.5 Å². The van der Waals surface area contributed by atoms with Crippen molar-refractivity contribution in [2.24, 2.45) is 0 Å². The Bertz CT molecular complexity index is 543. The van der Waals surface area contributed by atoms with Crippen molar-refractivity contribution in [3.8, 4) is 0 Å². The largest absolute Gasteiger partial charge is 0.130 e. The zero-order valence-electron chi connectivity index (χ0n) is 10.1. The van der Waals surface area contributed by atoms with Gasteiger partial charge in [-0.15, -0.1) is 22.9 Å². The molecule has 96 valence electrons. The molecule has 1 unspecified atom stereocenters. The van der Waals surface area contributed by atoms with Crippen molar-refractivity contribution in [3.63, 3.8) is 0 Å². The van der Waals surface area contributed by atoms with Gasteiger partial charge in [0.05, 0.1) is 9.16 Å². The summed E-state index contributed by atoms with van der Waals surface area (Å²) in [6.07, 6.45) is 0.870. The van der Waals surface area contributed by atoms with E-state index in [0.29, 0.717) is 0 Å². The highest BCUT2D eigenvalue weighted by molar-refractivity contribution is 9.13. The van der Waals surface area contributed by atoms with Crippen LogP contribution < -0.4 is 0 Å². The summed E-state index contributed by atoms with van der Waals surface area (Å²) in [5.41, 5.74) is 3.92. The topological polar surface area (TPSA) is 0 Å². The second-order valence-corrected chi connectivity index (χ2v) is 8.15. The van der Waals surface area contributed by atoms with Crippen molar-refractivity contribution < 1.29 is 0 Å². The quantitative estimate of drug-likeness (QED) is 0.515. The van der Waals surface area contributed by atoms with Crippen molar-refractivity contribution in [2.45, 2.75) is 25.6 Å². The normalized spacial score (nSPS) is 12.7. The minimum Gasteiger partial charge on any atom is -0.130 e. The van der Waals surface area contributed by atoms with Crippen LogP contribution in [0, 0.1) is 13.8 Å². The van der Waals surface area contributed by atoms with Crippen LogP contribution in [0.3, 0.4) is 0 Å². The second kappa shape index (κ2) is 6.08. The Hall–Kier alpha value is 0.170. The summed E-state index contributed by atoms with van der Waals surface area (Å²) in [5.74, 6) is 0. The van der Waals surface area contributed by atoms with Crippen molar-refractivity contribution in [2.75, 3.05) is 0 Å². The van der Waals surface area contributed by atoms with E-state index in [2.05, 4.69) is 70.0 Å². The van der Waals surface area contributed by atoms with Crippen LogP contribution in [0.5, 0.6) is 0 Å². The molecule has 0 fully saturated rings. The van der Waals surface area contributed by atoms with E-state index in [1.54, 1.807) is 11.3 Å². The molecular weight excluding hydrogens is 395 g/mol. The van der Waals surface area contributed by atoms with E-state index >= 15 is 0 Å². The van der Waals surface area contributed by atoms with Gasteiger partial charge in [0.15, 0.2) is 0 Å². The van der Waals surface area contributed by atoms with Gasteiger partial charge in [0.1, 0.15) is 0 Å². The number of hydrogen-bond donors (Lipinski definition) is 0. The lowest BCUT2D eigenvalue weighted by Gasteiger charge is -2.11. The summed E-state index contributed by atoms with van der Waals surface area (Å²) >= 11 is 15.2. The number of alkyl halides is 1. The average molecular weight is 409 g/mol. The van der Waals surface area contributed by atoms with Crippen LogP contribution >= 0.6 is 54.8 Å². The van der Waals surface area contributed by atoms with E-state index in [1.165, 1.54) is 21.6 Å². The molecule has 18 heavy (non-hydrogen) atoms. The van der Waals surface area contributed by atoms with Crippen LogP contribution in [0.4, 0.5) is 0 Å². The first kappa shape index (κ1) is 14.6. The van der Waals surface area contributed by atoms with Crippen molar-refractivity contribution in [1.29, 1.82) is 0 Å². The Labute approximate surface area is 134 Å². The summed E-state index contributed by atoms with van der Waals surface area (Å²) in [6, 6.07) is 8.62. The molecule has 1 heterocycles. The van der Waals surface area contributed by atoms with Gasteiger partial charge >= 0.3 is 0 Å². The molecule has 0 bridgehead atoms. The van der Waals surface area contributed by atoms with E-state index in [4.69, 9.17) is 11.6 Å². The summed E-state index contributed by atoms with van der Waals surface area (Å²) in [5, 5.41) is 0.0260. The molecule has 0 amide bonds. The van der Waals surface area contributed by atoms with Crippen molar-refractivity contribution in [3.05, 3.63) is 54.1 Å². The maximum absolute atomic E-state index is 6.52. The maximum Gasteiger partial charge on any atom is 0.0843 e. The molecule has 2 rings (SSSR count). The molecule has 1 aromatic heterocycles. The first-order valence-electron chi connectivity index (χ1n) is 5.62. The van der Waals surface area contributed by atoms with Crippen molar-refractivity contribution in [1.82, 2.24) is 0 Å². The predicted octanol–water partition coefficient (Wildman–Crippen LogP) is 6.41. The summed E-state index contributed by atoms with van der Waals surface area (Å²) in [4.78, 5) is 1.19. The second-order valence-electron chi connectivity index (χ2n) is 4.37. The Balaban J connectivity index is 2.20. The molecule has 0 saturated carbocycles. The Kier molecular flexibility index (Phi) is 4.92. The fraction of sp³-hybridized carbons (Fsp3) is 0.286. The van der Waals surface area contributed by atoms with Gasteiger partial charge in [0.25, 0.3) is 0 Å². The molecule has 0 aliphatic heterocycles. The molecule has 0 spiro atoms. The molecule has 0 radical (unpaired) electrons. The van der Waals surface area contributed by atoms with E-state index in [9.17, 15) is 0 Å². The van der Waals surface area contributed by atoms with Gasteiger partial charge in [0, 0.05) is 9.35 Å². The standard InChI is InChI=1S/C14H13Br2ClS/c1-8-3-4-9(2)10(5-8)6-12(17)13-7-11(15)14(16)18-13/h3-5,7,12H,6H2,1-2H3. The van der Waals surface area contributed by atoms with Crippen LogP contribution in [0.25, 0.3) is 0 Å². The fourth-order valence-corrected chi connectivity index (χ4v) is 4.26. The van der Waals surface area contributed by atoms with E-state index in [-0.39, 0.29) is 5.38 Å². The minimum absolute atomic E-state index is 0.0260. The summed E-state index contributed by atoms with van der Waals surface area (Å²) in [6.45, 7) is 4.25. The first-order valence-corrected chi connectivity index (χ1v) is 8.46. The van der Waals surface area contributed by atoms with E-state index < -0.39 is 0 Å². The Morgan fingerprint density at radius 1 is 1.22 bits per heavy atom. The van der Waals surface area contributed by atoms with Gasteiger partial charge in [-0.25, -0.2) is 0 Å². The van der Waals surface area contributed by atoms with Crippen LogP contribution in [-0.2, 0) is 6.42 Å². The average Bonchev–Trinajstić information content (AvgIpc) is 2.64. The number of aryl methyl sites for hydroxylation is 2. The molecule has 0 nitrogen and oxygen atoms in total. The molecule has 0 aliphatic carbocycles. The maximum atomic E-state index is 6.52. The van der Waals surface area contributed by atoms with Crippen LogP contribution in [-0.4, -0.2) is 0 Å². The van der Waals surface area contributed by atoms with Gasteiger partial charge in [-0.05, 0) is 69.3 Å². The molecule has 0 aliphatic rings.